The second-order valence-electron chi connectivity index (χ2n) is 6.92. The summed E-state index contributed by atoms with van der Waals surface area (Å²) >= 11 is 0. The van der Waals surface area contributed by atoms with Crippen LogP contribution in [-0.4, -0.2) is 23.5 Å². The summed E-state index contributed by atoms with van der Waals surface area (Å²) in [7, 11) is 0. The standard InChI is InChI=1S/C21H21NO3/c23-20(13-14-8-9-15-4-3-5-16(15)12-14)22-11-10-18(21(24)25)17-6-1-2-7-19(17)22/h1-2,6-9,12,18H,3-5,10-11,13H2,(H,24,25). The van der Waals surface area contributed by atoms with Crippen LogP contribution in [0.25, 0.3) is 0 Å². The molecule has 0 saturated carbocycles. The zero-order chi connectivity index (χ0) is 17.4. The molecule has 25 heavy (non-hydrogen) atoms. The van der Waals surface area contributed by atoms with Gasteiger partial charge in [0.25, 0.3) is 0 Å². The number of fused-ring (bicyclic) bond motifs is 2. The summed E-state index contributed by atoms with van der Waals surface area (Å²) < 4.78 is 0. The highest BCUT2D eigenvalue weighted by Gasteiger charge is 2.32. The number of para-hydroxylation sites is 1. The van der Waals surface area contributed by atoms with Gasteiger partial charge in [0.05, 0.1) is 12.3 Å². The highest BCUT2D eigenvalue weighted by atomic mass is 16.4. The lowest BCUT2D eigenvalue weighted by Gasteiger charge is -2.32. The third kappa shape index (κ3) is 2.93. The topological polar surface area (TPSA) is 57.6 Å². The zero-order valence-corrected chi connectivity index (χ0v) is 14.1. The summed E-state index contributed by atoms with van der Waals surface area (Å²) in [6.07, 6.45) is 4.26. The normalized spacial score (nSPS) is 18.6. The van der Waals surface area contributed by atoms with E-state index in [2.05, 4.69) is 18.2 Å². The second kappa shape index (κ2) is 6.36. The molecule has 2 aliphatic rings. The first kappa shape index (κ1) is 15.9. The van der Waals surface area contributed by atoms with Gasteiger partial charge in [-0.3, -0.25) is 9.59 Å². The Balaban J connectivity index is 1.58. The van der Waals surface area contributed by atoms with Gasteiger partial charge >= 0.3 is 5.97 Å². The Labute approximate surface area is 147 Å². The minimum atomic E-state index is -0.821. The van der Waals surface area contributed by atoms with E-state index in [-0.39, 0.29) is 5.91 Å². The minimum absolute atomic E-state index is 0.0363. The largest absolute Gasteiger partial charge is 0.481 e. The molecule has 0 bridgehead atoms. The van der Waals surface area contributed by atoms with E-state index >= 15 is 0 Å². The highest BCUT2D eigenvalue weighted by molar-refractivity contribution is 5.97. The minimum Gasteiger partial charge on any atom is -0.481 e. The number of rotatable bonds is 3. The van der Waals surface area contributed by atoms with Crippen LogP contribution < -0.4 is 4.90 Å². The van der Waals surface area contributed by atoms with E-state index in [0.29, 0.717) is 19.4 Å². The average molecular weight is 335 g/mol. The predicted molar refractivity (Wildman–Crippen MR) is 96.0 cm³/mol. The predicted octanol–water partition coefficient (Wildman–Crippen LogP) is 3.32. The molecule has 4 nitrogen and oxygen atoms in total. The van der Waals surface area contributed by atoms with Crippen LogP contribution in [0, 0.1) is 0 Å². The van der Waals surface area contributed by atoms with E-state index in [1.807, 2.05) is 24.3 Å². The lowest BCUT2D eigenvalue weighted by atomic mass is 9.89. The molecule has 4 heteroatoms. The van der Waals surface area contributed by atoms with E-state index in [4.69, 9.17) is 0 Å². The Hall–Kier alpha value is -2.62. The van der Waals surface area contributed by atoms with Gasteiger partial charge in [-0.25, -0.2) is 0 Å². The number of carboxylic acids is 1. The molecule has 1 heterocycles. The molecule has 0 radical (unpaired) electrons. The van der Waals surface area contributed by atoms with Crippen LogP contribution in [0.15, 0.2) is 42.5 Å². The molecule has 2 aromatic carbocycles. The summed E-state index contributed by atoms with van der Waals surface area (Å²) in [6.45, 7) is 0.456. The molecular formula is C21H21NO3. The van der Waals surface area contributed by atoms with Gasteiger partial charge in [-0.15, -0.1) is 0 Å². The highest BCUT2D eigenvalue weighted by Crippen LogP contribution is 2.35. The van der Waals surface area contributed by atoms with Gasteiger partial charge in [0.15, 0.2) is 0 Å². The lowest BCUT2D eigenvalue weighted by Crippen LogP contribution is -2.39. The Morgan fingerprint density at radius 3 is 2.72 bits per heavy atom. The van der Waals surface area contributed by atoms with Crippen molar-refractivity contribution in [2.75, 3.05) is 11.4 Å². The molecule has 1 unspecified atom stereocenters. The van der Waals surface area contributed by atoms with Gasteiger partial charge in [0, 0.05) is 12.2 Å². The monoisotopic (exact) mass is 335 g/mol. The number of hydrogen-bond acceptors (Lipinski definition) is 2. The average Bonchev–Trinajstić information content (AvgIpc) is 3.08. The Bertz CT molecular complexity index is 843. The fraction of sp³-hybridized carbons (Fsp3) is 0.333. The SMILES string of the molecule is O=C(O)C1CCN(C(=O)Cc2ccc3c(c2)CCC3)c2ccccc21. The molecule has 0 fully saturated rings. The number of hydrogen-bond donors (Lipinski definition) is 1. The maximum Gasteiger partial charge on any atom is 0.311 e. The maximum atomic E-state index is 12.9. The molecule has 0 spiro atoms. The van der Waals surface area contributed by atoms with E-state index in [1.54, 1.807) is 4.90 Å². The number of carboxylic acid groups (broad SMARTS) is 1. The van der Waals surface area contributed by atoms with Crippen molar-refractivity contribution in [3.63, 3.8) is 0 Å². The van der Waals surface area contributed by atoms with Crippen molar-refractivity contribution in [3.8, 4) is 0 Å². The molecule has 128 valence electrons. The molecule has 1 aliphatic carbocycles. The first-order chi connectivity index (χ1) is 12.1. The quantitative estimate of drug-likeness (QED) is 0.936. The number of benzene rings is 2. The fourth-order valence-corrected chi connectivity index (χ4v) is 4.08. The van der Waals surface area contributed by atoms with Gasteiger partial charge < -0.3 is 10.0 Å². The van der Waals surface area contributed by atoms with Crippen molar-refractivity contribution in [2.45, 2.75) is 38.0 Å². The van der Waals surface area contributed by atoms with Crippen LogP contribution in [0.5, 0.6) is 0 Å². The van der Waals surface area contributed by atoms with Crippen LogP contribution in [0.1, 0.15) is 41.0 Å². The van der Waals surface area contributed by atoms with Crippen molar-refractivity contribution >= 4 is 17.6 Å². The smallest absolute Gasteiger partial charge is 0.311 e. The van der Waals surface area contributed by atoms with Crippen LogP contribution in [0.3, 0.4) is 0 Å². The number of carbonyl (C=O) groups excluding carboxylic acids is 1. The van der Waals surface area contributed by atoms with Gasteiger partial charge in [-0.1, -0.05) is 36.4 Å². The fourth-order valence-electron chi connectivity index (χ4n) is 4.08. The maximum absolute atomic E-state index is 12.9. The number of aryl methyl sites for hydroxylation is 2. The number of anilines is 1. The van der Waals surface area contributed by atoms with Crippen LogP contribution in [0.2, 0.25) is 0 Å². The first-order valence-electron chi connectivity index (χ1n) is 8.86. The third-order valence-corrected chi connectivity index (χ3v) is 5.36. The zero-order valence-electron chi connectivity index (χ0n) is 14.1. The van der Waals surface area contributed by atoms with Gasteiger partial charge in [-0.05, 0) is 54.0 Å². The van der Waals surface area contributed by atoms with Crippen LogP contribution in [-0.2, 0) is 28.9 Å². The molecule has 0 saturated heterocycles. The molecule has 2 aromatic rings. The van der Waals surface area contributed by atoms with Crippen molar-refractivity contribution in [2.24, 2.45) is 0 Å². The summed E-state index contributed by atoms with van der Waals surface area (Å²) in [5.74, 6) is -1.31. The summed E-state index contributed by atoms with van der Waals surface area (Å²) in [5, 5.41) is 9.43. The number of amides is 1. The van der Waals surface area contributed by atoms with E-state index in [1.165, 1.54) is 17.5 Å². The van der Waals surface area contributed by atoms with Crippen molar-refractivity contribution in [3.05, 3.63) is 64.7 Å². The molecule has 1 atom stereocenters. The molecule has 4 rings (SSSR count). The van der Waals surface area contributed by atoms with E-state index in [0.717, 1.165) is 29.7 Å². The third-order valence-electron chi connectivity index (χ3n) is 5.36. The van der Waals surface area contributed by atoms with Crippen LogP contribution in [0.4, 0.5) is 5.69 Å². The number of nitrogens with zero attached hydrogens (tertiary/aromatic N) is 1. The number of aliphatic carboxylic acids is 1. The lowest BCUT2D eigenvalue weighted by molar-refractivity contribution is -0.139. The van der Waals surface area contributed by atoms with Gasteiger partial charge in [0.2, 0.25) is 5.91 Å². The molecule has 1 amide bonds. The van der Waals surface area contributed by atoms with E-state index < -0.39 is 11.9 Å². The molecular weight excluding hydrogens is 314 g/mol. The molecule has 1 aliphatic heterocycles. The Morgan fingerprint density at radius 1 is 1.08 bits per heavy atom. The van der Waals surface area contributed by atoms with Gasteiger partial charge in [0.1, 0.15) is 0 Å². The van der Waals surface area contributed by atoms with E-state index in [9.17, 15) is 14.7 Å². The van der Waals surface area contributed by atoms with Gasteiger partial charge in [-0.2, -0.15) is 0 Å². The second-order valence-corrected chi connectivity index (χ2v) is 6.92. The molecule has 1 N–H and O–H groups in total. The first-order valence-corrected chi connectivity index (χ1v) is 8.86. The Morgan fingerprint density at radius 2 is 1.88 bits per heavy atom. The van der Waals surface area contributed by atoms with Crippen molar-refractivity contribution < 1.29 is 14.7 Å². The summed E-state index contributed by atoms with van der Waals surface area (Å²) in [6, 6.07) is 13.7. The molecule has 0 aromatic heterocycles. The van der Waals surface area contributed by atoms with Crippen LogP contribution >= 0.6 is 0 Å². The summed E-state index contributed by atoms with van der Waals surface area (Å²) in [4.78, 5) is 26.1. The Kier molecular flexibility index (Phi) is 4.04. The summed E-state index contributed by atoms with van der Waals surface area (Å²) in [5.41, 5.74) is 5.30. The van der Waals surface area contributed by atoms with Crippen molar-refractivity contribution in [1.29, 1.82) is 0 Å². The van der Waals surface area contributed by atoms with Crippen molar-refractivity contribution in [1.82, 2.24) is 0 Å². The number of carbonyl (C=O) groups is 2.